The van der Waals surface area contributed by atoms with E-state index in [1.54, 1.807) is 24.3 Å². The van der Waals surface area contributed by atoms with Gasteiger partial charge in [-0.25, -0.2) is 0 Å². The zero-order valence-corrected chi connectivity index (χ0v) is 8.15. The summed E-state index contributed by atoms with van der Waals surface area (Å²) < 4.78 is 0. The topological polar surface area (TPSA) is 60.4 Å². The van der Waals surface area contributed by atoms with E-state index < -0.39 is 5.97 Å². The van der Waals surface area contributed by atoms with E-state index in [0.29, 0.717) is 5.75 Å². The SMILES string of the molecule is CC.CC(=O)[O-].Oc1ccccc1. The van der Waals surface area contributed by atoms with Gasteiger partial charge in [-0.05, 0) is 19.1 Å². The van der Waals surface area contributed by atoms with E-state index in [-0.39, 0.29) is 0 Å². The van der Waals surface area contributed by atoms with Crippen LogP contribution in [-0.4, -0.2) is 11.1 Å². The lowest BCUT2D eigenvalue weighted by molar-refractivity contribution is -0.302. The molecule has 1 aromatic rings. The van der Waals surface area contributed by atoms with Crippen molar-refractivity contribution in [2.24, 2.45) is 0 Å². The van der Waals surface area contributed by atoms with Crippen molar-refractivity contribution in [1.29, 1.82) is 0 Å². The Morgan fingerprint density at radius 1 is 1.23 bits per heavy atom. The maximum atomic E-state index is 8.89. The van der Waals surface area contributed by atoms with E-state index in [1.807, 2.05) is 19.9 Å². The van der Waals surface area contributed by atoms with Crippen molar-refractivity contribution in [3.05, 3.63) is 30.3 Å². The summed E-state index contributed by atoms with van der Waals surface area (Å²) in [7, 11) is 0. The fourth-order valence-electron chi connectivity index (χ4n) is 0.428. The van der Waals surface area contributed by atoms with E-state index in [9.17, 15) is 0 Å². The second-order valence-corrected chi connectivity index (χ2v) is 1.83. The van der Waals surface area contributed by atoms with Crippen molar-refractivity contribution in [3.63, 3.8) is 0 Å². The number of phenols is 1. The van der Waals surface area contributed by atoms with Gasteiger partial charge in [-0.3, -0.25) is 0 Å². The predicted molar refractivity (Wildman–Crippen MR) is 50.1 cm³/mol. The summed E-state index contributed by atoms with van der Waals surface area (Å²) in [5, 5.41) is 17.5. The van der Waals surface area contributed by atoms with Crippen LogP contribution in [0.3, 0.4) is 0 Å². The number of benzene rings is 1. The van der Waals surface area contributed by atoms with E-state index in [2.05, 4.69) is 0 Å². The van der Waals surface area contributed by atoms with Crippen LogP contribution in [0.15, 0.2) is 30.3 Å². The molecule has 0 radical (unpaired) electrons. The van der Waals surface area contributed by atoms with Gasteiger partial charge in [-0.2, -0.15) is 0 Å². The molecular formula is C10H15O3-. The highest BCUT2D eigenvalue weighted by atomic mass is 16.4. The molecule has 3 nitrogen and oxygen atoms in total. The van der Waals surface area contributed by atoms with Crippen LogP contribution in [0.4, 0.5) is 0 Å². The third kappa shape index (κ3) is 18.0. The van der Waals surface area contributed by atoms with Gasteiger partial charge in [-0.15, -0.1) is 0 Å². The van der Waals surface area contributed by atoms with Crippen molar-refractivity contribution in [2.45, 2.75) is 20.8 Å². The molecule has 0 spiro atoms. The summed E-state index contributed by atoms with van der Waals surface area (Å²) in [4.78, 5) is 8.89. The first-order valence-electron chi connectivity index (χ1n) is 4.04. The Bertz CT molecular complexity index is 203. The number of aliphatic carboxylic acids is 1. The molecule has 0 atom stereocenters. The molecule has 0 amide bonds. The van der Waals surface area contributed by atoms with Crippen molar-refractivity contribution in [1.82, 2.24) is 0 Å². The molecule has 1 rings (SSSR count). The second kappa shape index (κ2) is 10.5. The van der Waals surface area contributed by atoms with Crippen LogP contribution in [-0.2, 0) is 4.79 Å². The minimum atomic E-state index is -1.08. The van der Waals surface area contributed by atoms with Gasteiger partial charge in [0.15, 0.2) is 0 Å². The molecule has 13 heavy (non-hydrogen) atoms. The second-order valence-electron chi connectivity index (χ2n) is 1.83. The zero-order chi connectivity index (χ0) is 10.7. The molecule has 74 valence electrons. The lowest BCUT2D eigenvalue weighted by Crippen LogP contribution is -2.16. The van der Waals surface area contributed by atoms with Crippen LogP contribution in [0, 0.1) is 0 Å². The molecule has 0 bridgehead atoms. The Morgan fingerprint density at radius 3 is 1.69 bits per heavy atom. The number of aromatic hydroxyl groups is 1. The van der Waals surface area contributed by atoms with Crippen LogP contribution in [0.5, 0.6) is 5.75 Å². The molecule has 1 aromatic carbocycles. The first-order chi connectivity index (χ1) is 6.13. The summed E-state index contributed by atoms with van der Waals surface area (Å²) >= 11 is 0. The highest BCUT2D eigenvalue weighted by Gasteiger charge is 1.74. The minimum absolute atomic E-state index is 0.322. The molecule has 0 aliphatic heterocycles. The number of carbonyl (C=O) groups is 1. The molecule has 0 aromatic heterocycles. The van der Waals surface area contributed by atoms with Crippen LogP contribution in [0.25, 0.3) is 0 Å². The van der Waals surface area contributed by atoms with E-state index in [4.69, 9.17) is 15.0 Å². The van der Waals surface area contributed by atoms with Crippen molar-refractivity contribution in [3.8, 4) is 5.75 Å². The third-order valence-corrected chi connectivity index (χ3v) is 0.756. The highest BCUT2D eigenvalue weighted by Crippen LogP contribution is 2.02. The van der Waals surface area contributed by atoms with E-state index in [1.165, 1.54) is 0 Å². The predicted octanol–water partition coefficient (Wildman–Crippen LogP) is 1.17. The molecule has 0 aliphatic rings. The average molecular weight is 183 g/mol. The summed E-state index contributed by atoms with van der Waals surface area (Å²) in [5.74, 6) is -0.762. The Kier molecular flexibility index (Phi) is 11.3. The third-order valence-electron chi connectivity index (χ3n) is 0.756. The fourth-order valence-corrected chi connectivity index (χ4v) is 0.428. The lowest BCUT2D eigenvalue weighted by atomic mass is 10.3. The number of rotatable bonds is 0. The molecule has 0 aliphatic carbocycles. The fraction of sp³-hybridized carbons (Fsp3) is 0.300. The lowest BCUT2D eigenvalue weighted by Gasteiger charge is -1.82. The van der Waals surface area contributed by atoms with Crippen molar-refractivity contribution < 1.29 is 15.0 Å². The summed E-state index contributed by atoms with van der Waals surface area (Å²) in [6.45, 7) is 4.97. The van der Waals surface area contributed by atoms with Crippen molar-refractivity contribution in [2.75, 3.05) is 0 Å². The first kappa shape index (κ1) is 14.0. The smallest absolute Gasteiger partial charge is 0.115 e. The molecule has 0 fully saturated rings. The molecule has 0 heterocycles. The van der Waals surface area contributed by atoms with E-state index in [0.717, 1.165) is 6.92 Å². The number of carbonyl (C=O) groups excluding carboxylic acids is 1. The normalized spacial score (nSPS) is 7.00. The quantitative estimate of drug-likeness (QED) is 0.656. The van der Waals surface area contributed by atoms with Gasteiger partial charge in [-0.1, -0.05) is 32.0 Å². The Hall–Kier alpha value is -1.51. The Morgan fingerprint density at radius 2 is 1.54 bits per heavy atom. The number of para-hydroxylation sites is 1. The number of carboxylic acids is 1. The highest BCUT2D eigenvalue weighted by molar-refractivity contribution is 5.60. The summed E-state index contributed by atoms with van der Waals surface area (Å²) in [6.07, 6.45) is 0. The Labute approximate surface area is 78.7 Å². The Balaban J connectivity index is 0. The maximum absolute atomic E-state index is 8.89. The number of hydrogen-bond donors (Lipinski definition) is 1. The number of phenolic OH excluding ortho intramolecular Hbond substituents is 1. The van der Waals surface area contributed by atoms with Gasteiger partial charge in [0, 0.05) is 5.97 Å². The summed E-state index contributed by atoms with van der Waals surface area (Å²) in [5.41, 5.74) is 0. The van der Waals surface area contributed by atoms with Gasteiger partial charge < -0.3 is 15.0 Å². The first-order valence-corrected chi connectivity index (χ1v) is 4.04. The maximum Gasteiger partial charge on any atom is 0.115 e. The average Bonchev–Trinajstić information content (AvgIpc) is 2.08. The molecule has 0 saturated heterocycles. The van der Waals surface area contributed by atoms with Crippen LogP contribution >= 0.6 is 0 Å². The summed E-state index contributed by atoms with van der Waals surface area (Å²) in [6, 6.07) is 8.71. The monoisotopic (exact) mass is 183 g/mol. The van der Waals surface area contributed by atoms with Crippen LogP contribution in [0.1, 0.15) is 20.8 Å². The van der Waals surface area contributed by atoms with Crippen LogP contribution < -0.4 is 5.11 Å². The molecule has 1 N–H and O–H groups in total. The number of hydrogen-bond acceptors (Lipinski definition) is 3. The largest absolute Gasteiger partial charge is 0.550 e. The zero-order valence-electron chi connectivity index (χ0n) is 8.15. The van der Waals surface area contributed by atoms with Gasteiger partial charge in [0.2, 0.25) is 0 Å². The molecule has 3 heteroatoms. The molecular weight excluding hydrogens is 168 g/mol. The van der Waals surface area contributed by atoms with Gasteiger partial charge in [0.05, 0.1) is 0 Å². The van der Waals surface area contributed by atoms with E-state index >= 15 is 0 Å². The molecule has 0 unspecified atom stereocenters. The van der Waals surface area contributed by atoms with Crippen molar-refractivity contribution >= 4 is 5.97 Å². The molecule has 0 saturated carbocycles. The number of carboxylic acid groups (broad SMARTS) is 1. The minimum Gasteiger partial charge on any atom is -0.550 e. The van der Waals surface area contributed by atoms with Gasteiger partial charge in [0.1, 0.15) is 5.75 Å². The van der Waals surface area contributed by atoms with Gasteiger partial charge >= 0.3 is 0 Å². The standard InChI is InChI=1S/C6H6O.C2H4O2.C2H6/c7-6-4-2-1-3-5-6;1-2(3)4;1-2/h1-5,7H;1H3,(H,3,4);1-2H3/p-1. The van der Waals surface area contributed by atoms with Gasteiger partial charge in [0.25, 0.3) is 0 Å². The van der Waals surface area contributed by atoms with Crippen LogP contribution in [0.2, 0.25) is 0 Å².